The van der Waals surface area contributed by atoms with Crippen LogP contribution in [0.3, 0.4) is 0 Å². The van der Waals surface area contributed by atoms with Gasteiger partial charge in [0, 0.05) is 46.1 Å². The summed E-state index contributed by atoms with van der Waals surface area (Å²) >= 11 is 0. The van der Waals surface area contributed by atoms with E-state index in [1.165, 1.54) is 16.8 Å². The lowest BCUT2D eigenvalue weighted by Crippen LogP contribution is -2.40. The maximum Gasteiger partial charge on any atom is 0.267 e. The third kappa shape index (κ3) is 3.87. The third-order valence-electron chi connectivity index (χ3n) is 6.67. The summed E-state index contributed by atoms with van der Waals surface area (Å²) in [4.78, 5) is 26.7. The van der Waals surface area contributed by atoms with E-state index in [1.807, 2.05) is 49.1 Å². The lowest BCUT2D eigenvalue weighted by atomic mass is 10.2. The van der Waals surface area contributed by atoms with Crippen LogP contribution in [-0.4, -0.2) is 64.7 Å². The van der Waals surface area contributed by atoms with Crippen LogP contribution in [0.1, 0.15) is 0 Å². The van der Waals surface area contributed by atoms with E-state index in [9.17, 15) is 9.18 Å². The molecule has 0 saturated heterocycles. The van der Waals surface area contributed by atoms with Crippen molar-refractivity contribution < 1.29 is 13.9 Å². The van der Waals surface area contributed by atoms with Crippen molar-refractivity contribution in [2.75, 3.05) is 44.1 Å². The van der Waals surface area contributed by atoms with Crippen LogP contribution in [0.25, 0.3) is 27.6 Å². The standard InChI is InChI=1S/C27H26FN7O3/c1-32(2)16-9-10-22-23(11-16)37-15-17(38-22)14-33(3)27-29-12-18-24-19(13-30-34(24)4)26(36)35(25(18)31-27)21-8-6-5-7-20(21)28/h5-13,17H,14-15H2,1-4H3. The molecule has 1 aliphatic rings. The van der Waals surface area contributed by atoms with E-state index in [2.05, 4.69) is 10.1 Å². The number of aryl methyl sites for hydroxylation is 1. The highest BCUT2D eigenvalue weighted by atomic mass is 19.1. The highest BCUT2D eigenvalue weighted by molar-refractivity contribution is 6.02. The Hall–Kier alpha value is -4.67. The summed E-state index contributed by atoms with van der Waals surface area (Å²) in [6.45, 7) is 0.787. The van der Waals surface area contributed by atoms with Crippen molar-refractivity contribution in [2.45, 2.75) is 6.10 Å². The third-order valence-corrected chi connectivity index (χ3v) is 6.67. The van der Waals surface area contributed by atoms with Crippen LogP contribution in [0.2, 0.25) is 0 Å². The van der Waals surface area contributed by atoms with Gasteiger partial charge in [-0.3, -0.25) is 14.0 Å². The van der Waals surface area contributed by atoms with Crippen LogP contribution >= 0.6 is 0 Å². The van der Waals surface area contributed by atoms with E-state index in [-0.39, 0.29) is 17.4 Å². The Balaban J connectivity index is 1.38. The smallest absolute Gasteiger partial charge is 0.267 e. The number of halogens is 1. The van der Waals surface area contributed by atoms with Gasteiger partial charge >= 0.3 is 0 Å². The topological polar surface area (TPSA) is 90.5 Å². The fourth-order valence-electron chi connectivity index (χ4n) is 4.73. The van der Waals surface area contributed by atoms with Crippen LogP contribution in [0.4, 0.5) is 16.0 Å². The summed E-state index contributed by atoms with van der Waals surface area (Å²) in [5.74, 6) is 1.20. The molecular weight excluding hydrogens is 489 g/mol. The summed E-state index contributed by atoms with van der Waals surface area (Å²) in [5, 5.41) is 5.19. The number of ether oxygens (including phenoxy) is 2. The minimum atomic E-state index is -0.531. The van der Waals surface area contributed by atoms with Crippen molar-refractivity contribution in [2.24, 2.45) is 7.05 Å². The zero-order valence-corrected chi connectivity index (χ0v) is 21.4. The van der Waals surface area contributed by atoms with Crippen LogP contribution in [0.15, 0.2) is 59.7 Å². The Morgan fingerprint density at radius 2 is 1.89 bits per heavy atom. The number of aromatic nitrogens is 5. The Bertz CT molecular complexity index is 1750. The fraction of sp³-hybridized carbons (Fsp3) is 0.259. The van der Waals surface area contributed by atoms with Gasteiger partial charge in [0.1, 0.15) is 12.4 Å². The molecule has 0 spiro atoms. The fourth-order valence-corrected chi connectivity index (χ4v) is 4.73. The quantitative estimate of drug-likeness (QED) is 0.353. The summed E-state index contributed by atoms with van der Waals surface area (Å²) in [6, 6.07) is 11.9. The van der Waals surface area contributed by atoms with Gasteiger partial charge in [-0.25, -0.2) is 9.37 Å². The second kappa shape index (κ2) is 9.02. The molecule has 11 heteroatoms. The van der Waals surface area contributed by atoms with Gasteiger partial charge in [-0.05, 0) is 24.3 Å². The number of benzene rings is 2. The molecule has 6 rings (SSSR count). The highest BCUT2D eigenvalue weighted by Gasteiger charge is 2.25. The largest absolute Gasteiger partial charge is 0.486 e. The first-order valence-corrected chi connectivity index (χ1v) is 12.1. The molecule has 1 aliphatic heterocycles. The van der Waals surface area contributed by atoms with Gasteiger partial charge in [0.2, 0.25) is 5.95 Å². The van der Waals surface area contributed by atoms with Gasteiger partial charge in [-0.1, -0.05) is 12.1 Å². The van der Waals surface area contributed by atoms with E-state index in [4.69, 9.17) is 14.5 Å². The van der Waals surface area contributed by atoms with Crippen LogP contribution < -0.4 is 24.8 Å². The van der Waals surface area contributed by atoms with Crippen molar-refractivity contribution in [3.05, 3.63) is 71.0 Å². The number of likely N-dealkylation sites (N-methyl/N-ethyl adjacent to an activating group) is 1. The maximum atomic E-state index is 14.9. The van der Waals surface area contributed by atoms with E-state index in [0.717, 1.165) is 5.69 Å². The molecule has 3 aromatic heterocycles. The van der Waals surface area contributed by atoms with Crippen molar-refractivity contribution in [3.8, 4) is 17.2 Å². The summed E-state index contributed by atoms with van der Waals surface area (Å²) in [7, 11) is 7.52. The Labute approximate surface area is 217 Å². The van der Waals surface area contributed by atoms with Gasteiger partial charge < -0.3 is 19.3 Å². The van der Waals surface area contributed by atoms with Crippen molar-refractivity contribution in [1.29, 1.82) is 0 Å². The lowest BCUT2D eigenvalue weighted by Gasteiger charge is -2.30. The molecule has 2 aromatic carbocycles. The van der Waals surface area contributed by atoms with E-state index in [1.54, 1.807) is 36.1 Å². The van der Waals surface area contributed by atoms with Crippen LogP contribution in [0, 0.1) is 5.82 Å². The molecule has 0 bridgehead atoms. The van der Waals surface area contributed by atoms with Gasteiger partial charge in [0.05, 0.1) is 34.7 Å². The summed E-state index contributed by atoms with van der Waals surface area (Å²) in [5.41, 5.74) is 1.60. The molecule has 194 valence electrons. The molecule has 0 fully saturated rings. The number of para-hydroxylation sites is 1. The number of hydrogen-bond acceptors (Lipinski definition) is 8. The number of pyridine rings is 1. The lowest BCUT2D eigenvalue weighted by molar-refractivity contribution is 0.0959. The SMILES string of the molecule is CN(C)c1ccc2c(c1)OCC(CN(C)c1ncc3c4c(cnn4C)c(=O)n(-c4ccccc4F)c3n1)O2. The molecule has 4 heterocycles. The predicted molar refractivity (Wildman–Crippen MR) is 143 cm³/mol. The van der Waals surface area contributed by atoms with Crippen LogP contribution in [0.5, 0.6) is 11.5 Å². The molecule has 5 aromatic rings. The van der Waals surface area contributed by atoms with E-state index < -0.39 is 11.4 Å². The normalized spacial score (nSPS) is 14.7. The van der Waals surface area contributed by atoms with Crippen LogP contribution in [-0.2, 0) is 7.05 Å². The van der Waals surface area contributed by atoms with Gasteiger partial charge in [-0.2, -0.15) is 10.1 Å². The molecule has 38 heavy (non-hydrogen) atoms. The molecule has 1 atom stereocenters. The maximum absolute atomic E-state index is 14.9. The molecular formula is C27H26FN7O3. The molecule has 1 unspecified atom stereocenters. The Morgan fingerprint density at radius 3 is 2.68 bits per heavy atom. The number of fused-ring (bicyclic) bond motifs is 4. The first-order chi connectivity index (χ1) is 18.3. The highest BCUT2D eigenvalue weighted by Crippen LogP contribution is 2.35. The minimum Gasteiger partial charge on any atom is -0.486 e. The van der Waals surface area contributed by atoms with Crippen molar-refractivity contribution in [1.82, 2.24) is 24.3 Å². The Morgan fingerprint density at radius 1 is 1.08 bits per heavy atom. The molecule has 0 aliphatic carbocycles. The number of anilines is 2. The second-order valence-corrected chi connectivity index (χ2v) is 9.49. The number of hydrogen-bond donors (Lipinski definition) is 0. The number of nitrogens with zero attached hydrogens (tertiary/aromatic N) is 7. The van der Waals surface area contributed by atoms with E-state index in [0.29, 0.717) is 46.9 Å². The predicted octanol–water partition coefficient (Wildman–Crippen LogP) is 3.15. The van der Waals surface area contributed by atoms with Gasteiger partial charge in [0.15, 0.2) is 23.3 Å². The second-order valence-electron chi connectivity index (χ2n) is 9.49. The van der Waals surface area contributed by atoms with Gasteiger partial charge in [-0.15, -0.1) is 0 Å². The van der Waals surface area contributed by atoms with Gasteiger partial charge in [0.25, 0.3) is 5.56 Å². The van der Waals surface area contributed by atoms with Crippen molar-refractivity contribution in [3.63, 3.8) is 0 Å². The summed E-state index contributed by atoms with van der Waals surface area (Å²) in [6.07, 6.45) is 2.85. The molecule has 0 amide bonds. The minimum absolute atomic E-state index is 0.110. The first-order valence-electron chi connectivity index (χ1n) is 12.1. The van der Waals surface area contributed by atoms with Crippen molar-refractivity contribution >= 4 is 33.6 Å². The molecule has 0 radical (unpaired) electrons. The molecule has 0 saturated carbocycles. The zero-order chi connectivity index (χ0) is 26.6. The zero-order valence-electron chi connectivity index (χ0n) is 21.4. The molecule has 0 N–H and O–H groups in total. The number of rotatable bonds is 5. The monoisotopic (exact) mass is 515 g/mol. The molecule has 10 nitrogen and oxygen atoms in total. The first kappa shape index (κ1) is 23.7. The average molecular weight is 516 g/mol. The average Bonchev–Trinajstić information content (AvgIpc) is 3.31. The Kier molecular flexibility index (Phi) is 5.63. The van der Waals surface area contributed by atoms with E-state index >= 15 is 0 Å². The summed E-state index contributed by atoms with van der Waals surface area (Å²) < 4.78 is 29.9.